The zero-order chi connectivity index (χ0) is 26.1. The SMILES string of the molecule is COc1ccc(CC(C)OC(=O)N(C)Cc2ncsc2C(COC=O)c2ccc(F)cc2)c(OC)c1. The maximum absolute atomic E-state index is 13.4. The molecule has 0 radical (unpaired) electrons. The number of halogens is 1. The van der Waals surface area contributed by atoms with Crippen molar-refractivity contribution in [2.45, 2.75) is 31.9 Å². The second kappa shape index (κ2) is 12.9. The zero-order valence-electron chi connectivity index (χ0n) is 20.6. The van der Waals surface area contributed by atoms with Crippen LogP contribution in [-0.2, 0) is 27.2 Å². The first-order valence-corrected chi connectivity index (χ1v) is 12.1. The van der Waals surface area contributed by atoms with Crippen LogP contribution in [0.4, 0.5) is 9.18 Å². The van der Waals surface area contributed by atoms with Gasteiger partial charge in [-0.3, -0.25) is 4.79 Å². The van der Waals surface area contributed by atoms with E-state index >= 15 is 0 Å². The Morgan fingerprint density at radius 2 is 1.92 bits per heavy atom. The number of amides is 1. The summed E-state index contributed by atoms with van der Waals surface area (Å²) >= 11 is 1.38. The topological polar surface area (TPSA) is 87.2 Å². The van der Waals surface area contributed by atoms with Crippen molar-refractivity contribution in [3.05, 3.63) is 75.5 Å². The molecule has 10 heteroatoms. The largest absolute Gasteiger partial charge is 0.497 e. The van der Waals surface area contributed by atoms with Crippen molar-refractivity contribution in [2.24, 2.45) is 0 Å². The maximum atomic E-state index is 13.4. The maximum Gasteiger partial charge on any atom is 0.410 e. The van der Waals surface area contributed by atoms with Crippen LogP contribution in [0, 0.1) is 5.82 Å². The van der Waals surface area contributed by atoms with E-state index in [0.717, 1.165) is 16.0 Å². The Morgan fingerprint density at radius 1 is 1.17 bits per heavy atom. The first kappa shape index (κ1) is 26.9. The molecule has 3 rings (SSSR count). The van der Waals surface area contributed by atoms with Gasteiger partial charge in [0.25, 0.3) is 6.47 Å². The average Bonchev–Trinajstić information content (AvgIpc) is 3.33. The number of nitrogens with zero attached hydrogens (tertiary/aromatic N) is 2. The summed E-state index contributed by atoms with van der Waals surface area (Å²) in [7, 11) is 4.79. The third-order valence-corrected chi connectivity index (χ3v) is 6.58. The molecular weight excluding hydrogens is 487 g/mol. The van der Waals surface area contributed by atoms with Gasteiger partial charge in [0.05, 0.1) is 37.9 Å². The summed E-state index contributed by atoms with van der Waals surface area (Å²) in [6.07, 6.45) is -0.453. The van der Waals surface area contributed by atoms with Gasteiger partial charge in [-0.05, 0) is 36.2 Å². The number of hydrogen-bond donors (Lipinski definition) is 0. The van der Waals surface area contributed by atoms with E-state index in [2.05, 4.69) is 4.98 Å². The van der Waals surface area contributed by atoms with E-state index < -0.39 is 12.2 Å². The van der Waals surface area contributed by atoms with Crippen molar-refractivity contribution in [3.63, 3.8) is 0 Å². The van der Waals surface area contributed by atoms with Gasteiger partial charge in [-0.15, -0.1) is 11.3 Å². The van der Waals surface area contributed by atoms with E-state index in [0.29, 0.717) is 30.1 Å². The van der Waals surface area contributed by atoms with Crippen LogP contribution in [0.15, 0.2) is 48.0 Å². The van der Waals surface area contributed by atoms with Gasteiger partial charge < -0.3 is 23.8 Å². The first-order chi connectivity index (χ1) is 17.4. The number of carbonyl (C=O) groups excluding carboxylic acids is 2. The van der Waals surface area contributed by atoms with Gasteiger partial charge >= 0.3 is 6.09 Å². The van der Waals surface area contributed by atoms with E-state index in [4.69, 9.17) is 18.9 Å². The lowest BCUT2D eigenvalue weighted by Gasteiger charge is -2.22. The highest BCUT2D eigenvalue weighted by atomic mass is 32.1. The average molecular weight is 517 g/mol. The monoisotopic (exact) mass is 516 g/mol. The molecule has 1 heterocycles. The Kier molecular flexibility index (Phi) is 9.63. The van der Waals surface area contributed by atoms with Crippen LogP contribution < -0.4 is 9.47 Å². The van der Waals surface area contributed by atoms with Gasteiger partial charge in [0.15, 0.2) is 0 Å². The summed E-state index contributed by atoms with van der Waals surface area (Å²) in [5, 5.41) is 0. The van der Waals surface area contributed by atoms with Crippen LogP contribution in [0.2, 0.25) is 0 Å². The van der Waals surface area contributed by atoms with Crippen molar-refractivity contribution in [1.29, 1.82) is 0 Å². The fraction of sp³-hybridized carbons (Fsp3) is 0.346. The number of carbonyl (C=O) groups is 2. The van der Waals surface area contributed by atoms with E-state index in [9.17, 15) is 14.0 Å². The molecule has 0 aliphatic heterocycles. The highest BCUT2D eigenvalue weighted by Crippen LogP contribution is 2.32. The Hall–Kier alpha value is -3.66. The van der Waals surface area contributed by atoms with Crippen LogP contribution in [-0.4, -0.2) is 56.4 Å². The van der Waals surface area contributed by atoms with Crippen molar-refractivity contribution < 1.29 is 32.9 Å². The number of methoxy groups -OCH3 is 2. The van der Waals surface area contributed by atoms with Crippen molar-refractivity contribution >= 4 is 23.9 Å². The number of benzene rings is 2. The Balaban J connectivity index is 1.67. The summed E-state index contributed by atoms with van der Waals surface area (Å²) in [6, 6.07) is 11.5. The molecule has 192 valence electrons. The fourth-order valence-electron chi connectivity index (χ4n) is 3.76. The Bertz CT molecular complexity index is 1150. The van der Waals surface area contributed by atoms with E-state index in [1.807, 2.05) is 19.1 Å². The lowest BCUT2D eigenvalue weighted by Crippen LogP contribution is -2.31. The van der Waals surface area contributed by atoms with E-state index in [1.165, 1.54) is 28.4 Å². The smallest absolute Gasteiger partial charge is 0.410 e. The minimum absolute atomic E-state index is 0.0687. The highest BCUT2D eigenvalue weighted by Gasteiger charge is 2.24. The van der Waals surface area contributed by atoms with Gasteiger partial charge in [-0.2, -0.15) is 0 Å². The lowest BCUT2D eigenvalue weighted by molar-refractivity contribution is -0.128. The van der Waals surface area contributed by atoms with E-state index in [1.54, 1.807) is 45.0 Å². The Morgan fingerprint density at radius 3 is 2.58 bits per heavy atom. The summed E-state index contributed by atoms with van der Waals surface area (Å²) in [5.74, 6) is 0.630. The van der Waals surface area contributed by atoms with Crippen molar-refractivity contribution in [2.75, 3.05) is 27.9 Å². The molecule has 1 aromatic heterocycles. The Labute approximate surface area is 213 Å². The molecule has 0 aliphatic rings. The third-order valence-electron chi connectivity index (χ3n) is 5.59. The molecule has 0 fully saturated rings. The molecule has 0 N–H and O–H groups in total. The number of rotatable bonds is 12. The third kappa shape index (κ3) is 6.94. The molecule has 8 nitrogen and oxygen atoms in total. The molecule has 2 unspecified atom stereocenters. The normalized spacial score (nSPS) is 12.4. The fourth-order valence-corrected chi connectivity index (χ4v) is 4.67. The van der Waals surface area contributed by atoms with Gasteiger partial charge in [-0.1, -0.05) is 18.2 Å². The van der Waals surface area contributed by atoms with Crippen LogP contribution in [0.1, 0.15) is 34.5 Å². The van der Waals surface area contributed by atoms with Gasteiger partial charge in [0, 0.05) is 24.4 Å². The molecule has 0 saturated heterocycles. The molecule has 2 atom stereocenters. The highest BCUT2D eigenvalue weighted by molar-refractivity contribution is 7.09. The first-order valence-electron chi connectivity index (χ1n) is 11.2. The molecular formula is C26H29FN2O6S. The number of aromatic nitrogens is 1. The second-order valence-corrected chi connectivity index (χ2v) is 9.02. The van der Waals surface area contributed by atoms with Crippen LogP contribution in [0.25, 0.3) is 0 Å². The molecule has 0 aliphatic carbocycles. The predicted octanol–water partition coefficient (Wildman–Crippen LogP) is 4.80. The summed E-state index contributed by atoms with van der Waals surface area (Å²) in [5.41, 5.74) is 3.98. The van der Waals surface area contributed by atoms with Crippen LogP contribution in [0.5, 0.6) is 11.5 Å². The summed E-state index contributed by atoms with van der Waals surface area (Å²) in [4.78, 5) is 30.3. The molecule has 3 aromatic rings. The van der Waals surface area contributed by atoms with Gasteiger partial charge in [-0.25, -0.2) is 14.2 Å². The summed E-state index contributed by atoms with van der Waals surface area (Å²) in [6.45, 7) is 2.44. The summed E-state index contributed by atoms with van der Waals surface area (Å²) < 4.78 is 34.8. The van der Waals surface area contributed by atoms with Crippen molar-refractivity contribution in [1.82, 2.24) is 9.88 Å². The molecule has 36 heavy (non-hydrogen) atoms. The van der Waals surface area contributed by atoms with E-state index in [-0.39, 0.29) is 24.9 Å². The van der Waals surface area contributed by atoms with Gasteiger partial charge in [0.1, 0.15) is 30.0 Å². The lowest BCUT2D eigenvalue weighted by atomic mass is 9.97. The van der Waals surface area contributed by atoms with Gasteiger partial charge in [0.2, 0.25) is 0 Å². The van der Waals surface area contributed by atoms with Crippen molar-refractivity contribution in [3.8, 4) is 11.5 Å². The number of ether oxygens (including phenoxy) is 4. The molecule has 2 aromatic carbocycles. The second-order valence-electron chi connectivity index (χ2n) is 8.13. The van der Waals surface area contributed by atoms with Crippen LogP contribution in [0.3, 0.4) is 0 Å². The van der Waals surface area contributed by atoms with Crippen LogP contribution >= 0.6 is 11.3 Å². The minimum Gasteiger partial charge on any atom is -0.497 e. The standard InChI is InChI=1S/C26H29FN2O6S/c1-17(11-19-7-10-21(32-3)12-24(19)33-4)35-26(31)29(2)13-23-25(36-15-28-23)22(14-34-16-30)18-5-8-20(27)9-6-18/h5-10,12,15-17,22H,11,13-14H2,1-4H3. The molecule has 0 bridgehead atoms. The number of thiazole rings is 1. The minimum atomic E-state index is -0.503. The quantitative estimate of drug-likeness (QED) is 0.320. The zero-order valence-corrected chi connectivity index (χ0v) is 21.4. The molecule has 0 spiro atoms. The number of hydrogen-bond acceptors (Lipinski definition) is 8. The molecule has 1 amide bonds. The molecule has 0 saturated carbocycles. The predicted molar refractivity (Wildman–Crippen MR) is 133 cm³/mol.